The number of benzene rings is 2. The minimum absolute atomic E-state index is 0.223. The molecule has 0 spiro atoms. The molecule has 0 aliphatic rings. The molecule has 0 saturated carbocycles. The van der Waals surface area contributed by atoms with Crippen LogP contribution >= 0.6 is 11.5 Å². The summed E-state index contributed by atoms with van der Waals surface area (Å²) in [6.07, 6.45) is 0. The van der Waals surface area contributed by atoms with Gasteiger partial charge in [0.2, 0.25) is 0 Å². The van der Waals surface area contributed by atoms with Gasteiger partial charge in [0.25, 0.3) is 0 Å². The minimum Gasteiger partial charge on any atom is -0.497 e. The lowest BCUT2D eigenvalue weighted by atomic mass is 10.1. The first kappa shape index (κ1) is 16.1. The molecule has 1 aromatic heterocycles. The number of methoxy groups -OCH3 is 1. The average molecular weight is 340 g/mol. The molecule has 6 heteroatoms. The predicted molar refractivity (Wildman–Crippen MR) is 92.2 cm³/mol. The van der Waals surface area contributed by atoms with Crippen molar-refractivity contribution < 1.29 is 14.3 Å². The van der Waals surface area contributed by atoms with Crippen LogP contribution in [0.1, 0.15) is 20.8 Å². The van der Waals surface area contributed by atoms with Gasteiger partial charge in [0.1, 0.15) is 18.1 Å². The molecule has 24 heavy (non-hydrogen) atoms. The fraction of sp³-hybridized carbons (Fsp3) is 0.167. The van der Waals surface area contributed by atoms with Crippen molar-refractivity contribution in [2.24, 2.45) is 0 Å². The lowest BCUT2D eigenvalue weighted by Crippen LogP contribution is -2.05. The number of carbonyl (C=O) groups excluding carboxylic acids is 1. The third kappa shape index (κ3) is 3.60. The molecule has 5 nitrogen and oxygen atoms in total. The number of aryl methyl sites for hydroxylation is 1. The fourth-order valence-electron chi connectivity index (χ4n) is 2.28. The molecule has 2 aromatic carbocycles. The molecule has 0 fully saturated rings. The van der Waals surface area contributed by atoms with E-state index in [1.807, 2.05) is 55.5 Å². The number of aromatic nitrogens is 2. The smallest absolute Gasteiger partial charge is 0.352 e. The highest BCUT2D eigenvalue weighted by Gasteiger charge is 2.19. The topological polar surface area (TPSA) is 61.3 Å². The molecule has 1 heterocycles. The Kier molecular flexibility index (Phi) is 4.86. The van der Waals surface area contributed by atoms with E-state index in [2.05, 4.69) is 9.59 Å². The Bertz CT molecular complexity index is 843. The van der Waals surface area contributed by atoms with Gasteiger partial charge in [-0.25, -0.2) is 4.79 Å². The second kappa shape index (κ2) is 7.23. The number of carbonyl (C=O) groups is 1. The van der Waals surface area contributed by atoms with Gasteiger partial charge in [-0.2, -0.15) is 0 Å². The Balaban J connectivity index is 1.75. The van der Waals surface area contributed by atoms with Gasteiger partial charge in [0, 0.05) is 5.56 Å². The van der Waals surface area contributed by atoms with E-state index in [1.165, 1.54) is 0 Å². The van der Waals surface area contributed by atoms with Gasteiger partial charge in [-0.1, -0.05) is 34.3 Å². The van der Waals surface area contributed by atoms with Crippen LogP contribution in [0.4, 0.5) is 0 Å². The van der Waals surface area contributed by atoms with E-state index in [0.29, 0.717) is 10.6 Å². The summed E-state index contributed by atoms with van der Waals surface area (Å²) in [5.41, 5.74) is 3.40. The van der Waals surface area contributed by atoms with Crippen LogP contribution in [0.3, 0.4) is 0 Å². The van der Waals surface area contributed by atoms with Crippen LogP contribution in [0.15, 0.2) is 48.5 Å². The van der Waals surface area contributed by atoms with E-state index < -0.39 is 5.97 Å². The Morgan fingerprint density at radius 2 is 1.96 bits per heavy atom. The quantitative estimate of drug-likeness (QED) is 0.660. The van der Waals surface area contributed by atoms with E-state index in [1.54, 1.807) is 7.11 Å². The van der Waals surface area contributed by atoms with Crippen molar-refractivity contribution in [3.63, 3.8) is 0 Å². The molecule has 3 aromatic rings. The van der Waals surface area contributed by atoms with Crippen LogP contribution in [-0.4, -0.2) is 22.7 Å². The van der Waals surface area contributed by atoms with Gasteiger partial charge in [-0.15, -0.1) is 5.10 Å². The maximum Gasteiger partial charge on any atom is 0.352 e. The summed E-state index contributed by atoms with van der Waals surface area (Å²) in [6.45, 7) is 2.22. The SMILES string of the molecule is COc1ccc(-c2nnsc2C(=O)OCc2cccc(C)c2)cc1. The summed E-state index contributed by atoms with van der Waals surface area (Å²) < 4.78 is 14.4. The van der Waals surface area contributed by atoms with E-state index >= 15 is 0 Å². The lowest BCUT2D eigenvalue weighted by molar-refractivity contribution is 0.0479. The highest BCUT2D eigenvalue weighted by atomic mass is 32.1. The summed E-state index contributed by atoms with van der Waals surface area (Å²) in [6, 6.07) is 15.2. The molecular formula is C18H16N2O3S. The van der Waals surface area contributed by atoms with Gasteiger partial charge >= 0.3 is 5.97 Å². The predicted octanol–water partition coefficient (Wildman–Crippen LogP) is 3.88. The van der Waals surface area contributed by atoms with E-state index in [9.17, 15) is 4.79 Å². The molecule has 0 amide bonds. The summed E-state index contributed by atoms with van der Waals surface area (Å²) in [5.74, 6) is 0.322. The highest BCUT2D eigenvalue weighted by molar-refractivity contribution is 7.08. The molecular weight excluding hydrogens is 324 g/mol. The second-order valence-electron chi connectivity index (χ2n) is 5.24. The maximum absolute atomic E-state index is 12.4. The molecule has 3 rings (SSSR count). The number of hydrogen-bond donors (Lipinski definition) is 0. The van der Waals surface area contributed by atoms with Crippen LogP contribution in [0, 0.1) is 6.92 Å². The Morgan fingerprint density at radius 3 is 2.67 bits per heavy atom. The molecule has 0 atom stereocenters. The first-order valence-corrected chi connectivity index (χ1v) is 8.14. The van der Waals surface area contributed by atoms with E-state index in [0.717, 1.165) is 34.0 Å². The van der Waals surface area contributed by atoms with Crippen molar-refractivity contribution in [2.45, 2.75) is 13.5 Å². The zero-order chi connectivity index (χ0) is 16.9. The first-order valence-electron chi connectivity index (χ1n) is 7.37. The Hall–Kier alpha value is -2.73. The number of rotatable bonds is 5. The summed E-state index contributed by atoms with van der Waals surface area (Å²) in [4.78, 5) is 12.8. The third-order valence-corrected chi connectivity index (χ3v) is 4.20. The van der Waals surface area contributed by atoms with E-state index in [4.69, 9.17) is 9.47 Å². The van der Waals surface area contributed by atoms with Gasteiger partial charge < -0.3 is 9.47 Å². The molecule has 0 unspecified atom stereocenters. The zero-order valence-electron chi connectivity index (χ0n) is 13.4. The molecule has 122 valence electrons. The number of hydrogen-bond acceptors (Lipinski definition) is 6. The number of nitrogens with zero attached hydrogens (tertiary/aromatic N) is 2. The van der Waals surface area contributed by atoms with Crippen molar-refractivity contribution in [3.05, 3.63) is 64.5 Å². The molecule has 0 N–H and O–H groups in total. The largest absolute Gasteiger partial charge is 0.497 e. The monoisotopic (exact) mass is 340 g/mol. The van der Waals surface area contributed by atoms with Crippen LogP contribution in [0.25, 0.3) is 11.3 Å². The fourth-order valence-corrected chi connectivity index (χ4v) is 2.86. The number of esters is 1. The maximum atomic E-state index is 12.4. The molecule has 0 aliphatic heterocycles. The van der Waals surface area contributed by atoms with Gasteiger partial charge in [-0.05, 0) is 48.3 Å². The average Bonchev–Trinajstić information content (AvgIpc) is 3.09. The number of ether oxygens (including phenoxy) is 2. The van der Waals surface area contributed by atoms with Crippen LogP contribution in [0.5, 0.6) is 5.75 Å². The minimum atomic E-state index is -0.419. The normalized spacial score (nSPS) is 10.4. The van der Waals surface area contributed by atoms with Crippen molar-refractivity contribution in [1.82, 2.24) is 9.59 Å². The Labute approximate surface area is 144 Å². The van der Waals surface area contributed by atoms with Gasteiger partial charge in [-0.3, -0.25) is 0 Å². The van der Waals surface area contributed by atoms with Gasteiger partial charge in [0.05, 0.1) is 7.11 Å². The van der Waals surface area contributed by atoms with Gasteiger partial charge in [0.15, 0.2) is 4.88 Å². The van der Waals surface area contributed by atoms with Crippen LogP contribution in [0.2, 0.25) is 0 Å². The van der Waals surface area contributed by atoms with Crippen molar-refractivity contribution in [3.8, 4) is 17.0 Å². The summed E-state index contributed by atoms with van der Waals surface area (Å²) in [7, 11) is 1.60. The Morgan fingerprint density at radius 1 is 1.17 bits per heavy atom. The highest BCUT2D eigenvalue weighted by Crippen LogP contribution is 2.26. The molecule has 0 aliphatic carbocycles. The third-order valence-electron chi connectivity index (χ3n) is 3.49. The van der Waals surface area contributed by atoms with Crippen molar-refractivity contribution in [1.29, 1.82) is 0 Å². The van der Waals surface area contributed by atoms with Crippen molar-refractivity contribution in [2.75, 3.05) is 7.11 Å². The molecule has 0 radical (unpaired) electrons. The first-order chi connectivity index (χ1) is 11.7. The molecule has 0 saturated heterocycles. The van der Waals surface area contributed by atoms with Crippen LogP contribution in [-0.2, 0) is 11.3 Å². The van der Waals surface area contributed by atoms with Crippen molar-refractivity contribution >= 4 is 17.5 Å². The van der Waals surface area contributed by atoms with E-state index in [-0.39, 0.29) is 6.61 Å². The molecule has 0 bridgehead atoms. The summed E-state index contributed by atoms with van der Waals surface area (Å²) in [5, 5.41) is 4.06. The lowest BCUT2D eigenvalue weighted by Gasteiger charge is -2.06. The zero-order valence-corrected chi connectivity index (χ0v) is 14.2. The second-order valence-corrected chi connectivity index (χ2v) is 6.00. The summed E-state index contributed by atoms with van der Waals surface area (Å²) >= 11 is 1.03. The van der Waals surface area contributed by atoms with Crippen LogP contribution < -0.4 is 4.74 Å². The standard InChI is InChI=1S/C18H16N2O3S/c1-12-4-3-5-13(10-12)11-23-18(21)17-16(19-20-24-17)14-6-8-15(22-2)9-7-14/h3-10H,11H2,1-2H3.